The summed E-state index contributed by atoms with van der Waals surface area (Å²) in [7, 11) is -3.27. The van der Waals surface area contributed by atoms with Crippen molar-refractivity contribution in [2.75, 3.05) is 19.6 Å². The summed E-state index contributed by atoms with van der Waals surface area (Å²) < 4.78 is 26.8. The first-order valence-electron chi connectivity index (χ1n) is 5.86. The van der Waals surface area contributed by atoms with Gasteiger partial charge in [0.2, 0.25) is 0 Å². The van der Waals surface area contributed by atoms with Crippen LogP contribution in [0.2, 0.25) is 0 Å². The fraction of sp³-hybridized carbons (Fsp3) is 0.636. The normalized spacial score (nSPS) is 21.6. The molecule has 0 aromatic carbocycles. The van der Waals surface area contributed by atoms with Gasteiger partial charge in [-0.3, -0.25) is 0 Å². The van der Waals surface area contributed by atoms with Gasteiger partial charge in [0.15, 0.2) is 0 Å². The van der Waals surface area contributed by atoms with Crippen LogP contribution in [0.1, 0.15) is 18.7 Å². The van der Waals surface area contributed by atoms with E-state index in [1.54, 1.807) is 10.4 Å². The summed E-state index contributed by atoms with van der Waals surface area (Å²) in [4.78, 5) is 1.12. The third-order valence-electron chi connectivity index (χ3n) is 2.91. The Labute approximate surface area is 119 Å². The highest BCUT2D eigenvalue weighted by Gasteiger charge is 2.29. The van der Waals surface area contributed by atoms with Crippen LogP contribution >= 0.6 is 23.7 Å². The molecule has 1 aliphatic rings. The molecule has 1 saturated heterocycles. The van der Waals surface area contributed by atoms with Crippen LogP contribution in [0.3, 0.4) is 0 Å². The van der Waals surface area contributed by atoms with Crippen LogP contribution in [0, 0.1) is 0 Å². The Morgan fingerprint density at radius 1 is 1.50 bits per heavy atom. The van der Waals surface area contributed by atoms with Crippen LogP contribution in [0.25, 0.3) is 0 Å². The molecule has 1 N–H and O–H groups in total. The molecule has 4 nitrogen and oxygen atoms in total. The van der Waals surface area contributed by atoms with Crippen molar-refractivity contribution < 1.29 is 8.42 Å². The van der Waals surface area contributed by atoms with Gasteiger partial charge in [-0.05, 0) is 25.5 Å². The summed E-state index contributed by atoms with van der Waals surface area (Å²) in [6, 6.07) is 3.86. The number of piperazine rings is 1. The number of rotatable bonds is 3. The molecule has 1 aromatic rings. The van der Waals surface area contributed by atoms with Gasteiger partial charge in [-0.2, -0.15) is 4.31 Å². The number of hydrogen-bond donors (Lipinski definition) is 1. The molecule has 2 rings (SSSR count). The highest BCUT2D eigenvalue weighted by molar-refractivity contribution is 7.91. The van der Waals surface area contributed by atoms with Gasteiger partial charge in [-0.1, -0.05) is 6.92 Å². The lowest BCUT2D eigenvalue weighted by atomic mass is 10.3. The predicted octanol–water partition coefficient (Wildman–Crippen LogP) is 1.71. The van der Waals surface area contributed by atoms with Crippen LogP contribution in [-0.4, -0.2) is 38.4 Å². The Bertz CT molecular complexity index is 487. The Balaban J connectivity index is 0.00000162. The Morgan fingerprint density at radius 3 is 2.78 bits per heavy atom. The predicted molar refractivity (Wildman–Crippen MR) is 77.2 cm³/mol. The summed E-state index contributed by atoms with van der Waals surface area (Å²) >= 11 is 1.38. The maximum absolute atomic E-state index is 12.4. The van der Waals surface area contributed by atoms with Crippen LogP contribution in [-0.2, 0) is 16.4 Å². The van der Waals surface area contributed by atoms with E-state index in [2.05, 4.69) is 5.32 Å². The topological polar surface area (TPSA) is 49.4 Å². The molecule has 0 aliphatic carbocycles. The fourth-order valence-electron chi connectivity index (χ4n) is 1.93. The van der Waals surface area contributed by atoms with E-state index in [-0.39, 0.29) is 18.4 Å². The average molecular weight is 311 g/mol. The largest absolute Gasteiger partial charge is 0.312 e. The maximum atomic E-state index is 12.4. The molecular formula is C11H19ClN2O2S2. The van der Waals surface area contributed by atoms with Crippen molar-refractivity contribution in [3.8, 4) is 0 Å². The minimum Gasteiger partial charge on any atom is -0.312 e. The van der Waals surface area contributed by atoms with Crippen LogP contribution in [0.5, 0.6) is 0 Å². The van der Waals surface area contributed by atoms with Gasteiger partial charge in [-0.15, -0.1) is 23.7 Å². The number of hydrogen-bond acceptors (Lipinski definition) is 4. The van der Waals surface area contributed by atoms with Crippen LogP contribution in [0.4, 0.5) is 0 Å². The zero-order valence-electron chi connectivity index (χ0n) is 10.5. The summed E-state index contributed by atoms with van der Waals surface area (Å²) in [5, 5.41) is 3.25. The minimum atomic E-state index is -3.27. The SMILES string of the molecule is CCc1ccc(S(=O)(=O)N2CCNC(C)C2)s1.Cl. The first kappa shape index (κ1) is 15.9. The molecule has 2 heterocycles. The summed E-state index contributed by atoms with van der Waals surface area (Å²) in [5.74, 6) is 0. The zero-order chi connectivity index (χ0) is 12.5. The standard InChI is InChI=1S/C11H18N2O2S2.ClH/c1-3-10-4-5-11(16-10)17(14,15)13-7-6-12-9(2)8-13;/h4-5,9,12H,3,6-8H2,1-2H3;1H. The Hall–Kier alpha value is -0.140. The Kier molecular flexibility index (Phi) is 5.61. The smallest absolute Gasteiger partial charge is 0.252 e. The molecule has 0 radical (unpaired) electrons. The van der Waals surface area contributed by atoms with E-state index >= 15 is 0 Å². The fourth-order valence-corrected chi connectivity index (χ4v) is 4.91. The zero-order valence-corrected chi connectivity index (χ0v) is 13.0. The molecule has 7 heteroatoms. The maximum Gasteiger partial charge on any atom is 0.252 e. The number of nitrogens with one attached hydrogen (secondary N) is 1. The molecular weight excluding hydrogens is 292 g/mol. The van der Waals surface area contributed by atoms with Crippen molar-refractivity contribution in [2.24, 2.45) is 0 Å². The molecule has 1 aromatic heterocycles. The molecule has 18 heavy (non-hydrogen) atoms. The van der Waals surface area contributed by atoms with Gasteiger partial charge in [0.25, 0.3) is 10.0 Å². The second-order valence-corrected chi connectivity index (χ2v) is 7.63. The number of sulfonamides is 1. The molecule has 1 fully saturated rings. The lowest BCUT2D eigenvalue weighted by molar-refractivity contribution is 0.311. The van der Waals surface area contributed by atoms with Gasteiger partial charge < -0.3 is 5.32 Å². The van der Waals surface area contributed by atoms with Gasteiger partial charge in [0.05, 0.1) is 0 Å². The Morgan fingerprint density at radius 2 is 2.22 bits per heavy atom. The van der Waals surface area contributed by atoms with Crippen molar-refractivity contribution in [1.82, 2.24) is 9.62 Å². The van der Waals surface area contributed by atoms with Crippen LogP contribution < -0.4 is 5.32 Å². The minimum absolute atomic E-state index is 0. The molecule has 0 spiro atoms. The van der Waals surface area contributed by atoms with Crippen molar-refractivity contribution in [2.45, 2.75) is 30.5 Å². The van der Waals surface area contributed by atoms with E-state index in [1.807, 2.05) is 19.9 Å². The van der Waals surface area contributed by atoms with Crippen LogP contribution in [0.15, 0.2) is 16.3 Å². The van der Waals surface area contributed by atoms with E-state index in [1.165, 1.54) is 11.3 Å². The summed E-state index contributed by atoms with van der Waals surface area (Å²) in [6.07, 6.45) is 0.887. The van der Waals surface area contributed by atoms with Gasteiger partial charge >= 0.3 is 0 Å². The lowest BCUT2D eigenvalue weighted by Crippen LogP contribution is -2.51. The quantitative estimate of drug-likeness (QED) is 0.925. The van der Waals surface area contributed by atoms with E-state index < -0.39 is 10.0 Å². The highest BCUT2D eigenvalue weighted by Crippen LogP contribution is 2.25. The third kappa shape index (κ3) is 3.24. The van der Waals surface area contributed by atoms with E-state index in [4.69, 9.17) is 0 Å². The van der Waals surface area contributed by atoms with E-state index in [9.17, 15) is 8.42 Å². The van der Waals surface area contributed by atoms with E-state index in [0.29, 0.717) is 17.3 Å². The first-order chi connectivity index (χ1) is 8.04. The second-order valence-electron chi connectivity index (χ2n) is 4.29. The lowest BCUT2D eigenvalue weighted by Gasteiger charge is -2.30. The number of halogens is 1. The van der Waals surface area contributed by atoms with Crippen molar-refractivity contribution in [1.29, 1.82) is 0 Å². The highest BCUT2D eigenvalue weighted by atomic mass is 35.5. The van der Waals surface area contributed by atoms with Crippen molar-refractivity contribution in [3.63, 3.8) is 0 Å². The molecule has 1 unspecified atom stereocenters. The van der Waals surface area contributed by atoms with Gasteiger partial charge in [0.1, 0.15) is 4.21 Å². The number of aryl methyl sites for hydroxylation is 1. The number of thiophene rings is 1. The first-order valence-corrected chi connectivity index (χ1v) is 8.12. The summed E-state index contributed by atoms with van der Waals surface area (Å²) in [6.45, 7) is 5.89. The summed E-state index contributed by atoms with van der Waals surface area (Å²) in [5.41, 5.74) is 0. The van der Waals surface area contributed by atoms with E-state index in [0.717, 1.165) is 17.8 Å². The van der Waals surface area contributed by atoms with Gasteiger partial charge in [-0.25, -0.2) is 8.42 Å². The second kappa shape index (κ2) is 6.34. The average Bonchev–Trinajstić information content (AvgIpc) is 2.78. The molecule has 104 valence electrons. The molecule has 0 amide bonds. The van der Waals surface area contributed by atoms with Crippen molar-refractivity contribution >= 4 is 33.8 Å². The monoisotopic (exact) mass is 310 g/mol. The molecule has 1 aliphatic heterocycles. The van der Waals surface area contributed by atoms with Gasteiger partial charge in [0, 0.05) is 30.6 Å². The van der Waals surface area contributed by atoms with Crippen molar-refractivity contribution in [3.05, 3.63) is 17.0 Å². The third-order valence-corrected chi connectivity index (χ3v) is 6.47. The number of nitrogens with zero attached hydrogens (tertiary/aromatic N) is 1. The molecule has 0 bridgehead atoms. The molecule has 1 atom stereocenters. The molecule has 0 saturated carbocycles.